The molecule has 0 radical (unpaired) electrons. The number of halogens is 1. The molecular weight excluding hydrogens is 393 g/mol. The molecule has 0 saturated carbocycles. The molecule has 1 atom stereocenters. The summed E-state index contributed by atoms with van der Waals surface area (Å²) >= 11 is 0. The van der Waals surface area contributed by atoms with Crippen molar-refractivity contribution in [2.45, 2.75) is 25.2 Å². The summed E-state index contributed by atoms with van der Waals surface area (Å²) in [6.45, 7) is 2.97. The van der Waals surface area contributed by atoms with Crippen molar-refractivity contribution >= 4 is 22.3 Å². The lowest BCUT2D eigenvalue weighted by Gasteiger charge is -2.17. The average molecular weight is 417 g/mol. The van der Waals surface area contributed by atoms with E-state index in [0.29, 0.717) is 42.2 Å². The molecule has 2 heterocycles. The van der Waals surface area contributed by atoms with Gasteiger partial charge >= 0.3 is 0 Å². The van der Waals surface area contributed by atoms with Gasteiger partial charge in [-0.1, -0.05) is 24.3 Å². The van der Waals surface area contributed by atoms with Crippen LogP contribution in [0.25, 0.3) is 10.8 Å². The molecule has 1 unspecified atom stereocenters. The summed E-state index contributed by atoms with van der Waals surface area (Å²) in [4.78, 5) is 27.2. The Morgan fingerprint density at radius 2 is 1.90 bits per heavy atom. The summed E-state index contributed by atoms with van der Waals surface area (Å²) in [5.41, 5.74) is 2.47. The summed E-state index contributed by atoms with van der Waals surface area (Å²) in [5, 5.41) is 1.85. The van der Waals surface area contributed by atoms with Crippen molar-refractivity contribution in [2.75, 3.05) is 26.2 Å². The van der Waals surface area contributed by atoms with E-state index >= 15 is 0 Å². The van der Waals surface area contributed by atoms with Crippen molar-refractivity contribution in [1.82, 2.24) is 4.90 Å². The Morgan fingerprint density at radius 3 is 2.74 bits per heavy atom. The summed E-state index contributed by atoms with van der Waals surface area (Å²) < 4.78 is 18.8. The molecule has 0 amide bonds. The predicted octanol–water partition coefficient (Wildman–Crippen LogP) is 5.01. The van der Waals surface area contributed by atoms with Gasteiger partial charge in [-0.25, -0.2) is 4.39 Å². The van der Waals surface area contributed by atoms with Crippen LogP contribution in [-0.2, 0) is 0 Å². The lowest BCUT2D eigenvalue weighted by molar-refractivity contribution is 0.0931. The molecule has 0 aromatic heterocycles. The minimum absolute atomic E-state index is 0.104. The molecule has 5 rings (SSSR count). The first-order valence-corrected chi connectivity index (χ1v) is 10.8. The van der Waals surface area contributed by atoms with Gasteiger partial charge in [-0.2, -0.15) is 0 Å². The molecule has 31 heavy (non-hydrogen) atoms. The van der Waals surface area contributed by atoms with Gasteiger partial charge in [0, 0.05) is 31.5 Å². The number of hydrogen-bond acceptors (Lipinski definition) is 4. The second kappa shape index (κ2) is 8.23. The molecule has 0 bridgehead atoms. The number of carbonyl (C=O) groups excluding carboxylic acids is 2. The van der Waals surface area contributed by atoms with E-state index in [0.717, 1.165) is 42.4 Å². The molecule has 158 valence electrons. The number of carbonyl (C=O) groups is 2. The summed E-state index contributed by atoms with van der Waals surface area (Å²) in [6, 6.07) is 16.1. The first-order chi connectivity index (χ1) is 15.1. The van der Waals surface area contributed by atoms with E-state index in [2.05, 4.69) is 4.90 Å². The van der Waals surface area contributed by atoms with E-state index in [1.165, 1.54) is 12.1 Å². The minimum atomic E-state index is -0.210. The van der Waals surface area contributed by atoms with E-state index in [9.17, 15) is 14.0 Å². The second-order valence-corrected chi connectivity index (χ2v) is 8.44. The molecule has 1 saturated heterocycles. The summed E-state index contributed by atoms with van der Waals surface area (Å²) in [5.74, 6) is 1.01. The average Bonchev–Trinajstić information content (AvgIpc) is 3.26. The van der Waals surface area contributed by atoms with Gasteiger partial charge in [0.25, 0.3) is 0 Å². The summed E-state index contributed by atoms with van der Waals surface area (Å²) in [6.07, 6.45) is 1.90. The van der Waals surface area contributed by atoms with Gasteiger partial charge < -0.3 is 9.64 Å². The number of nitrogens with zero attached hydrogens (tertiary/aromatic N) is 1. The number of ether oxygens (including phenoxy) is 1. The molecule has 1 fully saturated rings. The van der Waals surface area contributed by atoms with Crippen molar-refractivity contribution < 1.29 is 18.7 Å². The Hall–Kier alpha value is -3.05. The zero-order valence-electron chi connectivity index (χ0n) is 17.3. The van der Waals surface area contributed by atoms with Gasteiger partial charge in [-0.15, -0.1) is 0 Å². The number of hydrogen-bond donors (Lipinski definition) is 0. The fraction of sp³-hybridized carbons (Fsp3) is 0.308. The third kappa shape index (κ3) is 4.10. The van der Waals surface area contributed by atoms with Crippen molar-refractivity contribution in [2.24, 2.45) is 0 Å². The van der Waals surface area contributed by atoms with Crippen LogP contribution < -0.4 is 4.74 Å². The van der Waals surface area contributed by atoms with Gasteiger partial charge in [0.15, 0.2) is 11.6 Å². The standard InChI is InChI=1S/C26H24FNO3/c27-22-5-3-17(4-6-22)20-7-10-28(16-20)11-8-24(29)19-2-1-18-14-23-25(30)9-12-31-26(23)15-21(18)13-19/h1-6,13-15,20H,7-12,16H2. The second-order valence-electron chi connectivity index (χ2n) is 8.44. The fourth-order valence-corrected chi connectivity index (χ4v) is 4.62. The van der Waals surface area contributed by atoms with Gasteiger partial charge in [0.1, 0.15) is 11.6 Å². The number of fused-ring (bicyclic) bond motifs is 2. The number of rotatable bonds is 5. The molecule has 0 spiro atoms. The van der Waals surface area contributed by atoms with E-state index < -0.39 is 0 Å². The lowest BCUT2D eigenvalue weighted by atomic mass is 9.97. The van der Waals surface area contributed by atoms with Crippen LogP contribution in [0, 0.1) is 5.82 Å². The maximum atomic E-state index is 13.1. The number of Topliss-reactive ketones (excluding diaryl/α,β-unsaturated/α-hetero) is 2. The Labute approximate surface area is 180 Å². The summed E-state index contributed by atoms with van der Waals surface area (Å²) in [7, 11) is 0. The Balaban J connectivity index is 1.24. The van der Waals surface area contributed by atoms with Crippen LogP contribution in [0.5, 0.6) is 5.75 Å². The van der Waals surface area contributed by atoms with Crippen LogP contribution in [0.1, 0.15) is 51.5 Å². The third-order valence-electron chi connectivity index (χ3n) is 6.42. The van der Waals surface area contributed by atoms with Crippen molar-refractivity contribution in [3.8, 4) is 5.75 Å². The topological polar surface area (TPSA) is 46.6 Å². The van der Waals surface area contributed by atoms with Crippen LogP contribution in [0.3, 0.4) is 0 Å². The van der Waals surface area contributed by atoms with Crippen molar-refractivity contribution in [1.29, 1.82) is 0 Å². The molecule has 3 aromatic rings. The highest BCUT2D eigenvalue weighted by Crippen LogP contribution is 2.31. The Kier molecular flexibility index (Phi) is 5.28. The highest BCUT2D eigenvalue weighted by atomic mass is 19.1. The minimum Gasteiger partial charge on any atom is -0.492 e. The third-order valence-corrected chi connectivity index (χ3v) is 6.42. The molecule has 3 aromatic carbocycles. The monoisotopic (exact) mass is 417 g/mol. The molecule has 2 aliphatic heterocycles. The molecule has 4 nitrogen and oxygen atoms in total. The molecule has 5 heteroatoms. The molecule has 0 aliphatic carbocycles. The van der Waals surface area contributed by atoms with Crippen LogP contribution in [0.2, 0.25) is 0 Å². The predicted molar refractivity (Wildman–Crippen MR) is 118 cm³/mol. The van der Waals surface area contributed by atoms with E-state index in [1.807, 2.05) is 42.5 Å². The Morgan fingerprint density at radius 1 is 1.06 bits per heavy atom. The Bertz CT molecular complexity index is 1160. The normalized spacial score (nSPS) is 18.7. The maximum absolute atomic E-state index is 13.1. The van der Waals surface area contributed by atoms with Gasteiger partial charge in [0.05, 0.1) is 12.2 Å². The number of ketones is 2. The zero-order chi connectivity index (χ0) is 21.4. The SMILES string of the molecule is O=C(CCN1CCC(c2ccc(F)cc2)C1)c1ccc2cc3c(cc2c1)OCCC3=O. The van der Waals surface area contributed by atoms with Crippen molar-refractivity contribution in [3.63, 3.8) is 0 Å². The lowest BCUT2D eigenvalue weighted by Crippen LogP contribution is -2.23. The fourth-order valence-electron chi connectivity index (χ4n) is 4.62. The smallest absolute Gasteiger partial charge is 0.170 e. The van der Waals surface area contributed by atoms with Crippen LogP contribution in [0.4, 0.5) is 4.39 Å². The highest BCUT2D eigenvalue weighted by Gasteiger charge is 2.24. The van der Waals surface area contributed by atoms with Crippen LogP contribution in [-0.4, -0.2) is 42.7 Å². The van der Waals surface area contributed by atoms with E-state index in [4.69, 9.17) is 4.74 Å². The molecule has 0 N–H and O–H groups in total. The highest BCUT2D eigenvalue weighted by molar-refractivity contribution is 6.05. The van der Waals surface area contributed by atoms with Gasteiger partial charge in [-0.3, -0.25) is 9.59 Å². The quantitative estimate of drug-likeness (QED) is 0.548. The molecular formula is C26H24FNO3. The van der Waals surface area contributed by atoms with Crippen molar-refractivity contribution in [3.05, 3.63) is 77.1 Å². The van der Waals surface area contributed by atoms with E-state index in [1.54, 1.807) is 0 Å². The first kappa shape index (κ1) is 19.9. The van der Waals surface area contributed by atoms with Gasteiger partial charge in [0.2, 0.25) is 0 Å². The van der Waals surface area contributed by atoms with Gasteiger partial charge in [-0.05, 0) is 65.6 Å². The number of benzene rings is 3. The zero-order valence-corrected chi connectivity index (χ0v) is 17.3. The molecule has 2 aliphatic rings. The maximum Gasteiger partial charge on any atom is 0.170 e. The number of likely N-dealkylation sites (tertiary alicyclic amines) is 1. The van der Waals surface area contributed by atoms with Crippen LogP contribution >= 0.6 is 0 Å². The first-order valence-electron chi connectivity index (χ1n) is 10.8. The largest absolute Gasteiger partial charge is 0.492 e. The van der Waals surface area contributed by atoms with E-state index in [-0.39, 0.29) is 17.4 Å². The van der Waals surface area contributed by atoms with Crippen LogP contribution in [0.15, 0.2) is 54.6 Å².